The number of anilines is 1. The molecule has 9 heteroatoms. The number of methoxy groups -OCH3 is 2. The van der Waals surface area contributed by atoms with E-state index in [9.17, 15) is 13.2 Å². The molecule has 0 radical (unpaired) electrons. The number of carbonyl (C=O) groups excluding carboxylic acids is 1. The summed E-state index contributed by atoms with van der Waals surface area (Å²) in [5, 5.41) is 3.19. The molecule has 1 aliphatic heterocycles. The van der Waals surface area contributed by atoms with E-state index in [0.29, 0.717) is 41.6 Å². The summed E-state index contributed by atoms with van der Waals surface area (Å²) in [5.41, 5.74) is 1.40. The van der Waals surface area contributed by atoms with Gasteiger partial charge < -0.3 is 14.8 Å². The molecule has 7 nitrogen and oxygen atoms in total. The first kappa shape index (κ1) is 22.4. The van der Waals surface area contributed by atoms with Gasteiger partial charge in [-0.3, -0.25) is 4.79 Å². The Morgan fingerprint density at radius 3 is 2.43 bits per heavy atom. The van der Waals surface area contributed by atoms with Crippen LogP contribution in [0.15, 0.2) is 41.3 Å². The molecule has 1 amide bonds. The number of hydrogen-bond acceptors (Lipinski definition) is 5. The molecule has 0 aromatic heterocycles. The molecule has 2 aromatic carbocycles. The third-order valence-corrected chi connectivity index (χ3v) is 7.32. The fraction of sp³-hybridized carbons (Fsp3) is 0.381. The Morgan fingerprint density at radius 2 is 1.80 bits per heavy atom. The van der Waals surface area contributed by atoms with Crippen molar-refractivity contribution in [3.05, 3.63) is 47.0 Å². The summed E-state index contributed by atoms with van der Waals surface area (Å²) in [5.74, 6) is 0.0425. The van der Waals surface area contributed by atoms with Gasteiger partial charge in [0.05, 0.1) is 35.7 Å². The molecular weight excluding hydrogens is 428 g/mol. The molecule has 0 aliphatic carbocycles. The van der Waals surface area contributed by atoms with Crippen LogP contribution in [0, 0.1) is 12.8 Å². The van der Waals surface area contributed by atoms with Crippen molar-refractivity contribution in [2.24, 2.45) is 5.92 Å². The number of hydrogen-bond donors (Lipinski definition) is 1. The Labute approximate surface area is 182 Å². The molecule has 1 heterocycles. The molecule has 30 heavy (non-hydrogen) atoms. The van der Waals surface area contributed by atoms with Gasteiger partial charge in [0.1, 0.15) is 11.5 Å². The van der Waals surface area contributed by atoms with Gasteiger partial charge in [-0.2, -0.15) is 4.31 Å². The topological polar surface area (TPSA) is 84.9 Å². The molecule has 1 saturated heterocycles. The molecule has 1 atom stereocenters. The van der Waals surface area contributed by atoms with Crippen LogP contribution in [0.3, 0.4) is 0 Å². The molecule has 1 N–H and O–H groups in total. The van der Waals surface area contributed by atoms with E-state index in [4.69, 9.17) is 21.1 Å². The lowest BCUT2D eigenvalue weighted by molar-refractivity contribution is -0.120. The predicted molar refractivity (Wildman–Crippen MR) is 116 cm³/mol. The van der Waals surface area contributed by atoms with Crippen molar-refractivity contribution in [3.63, 3.8) is 0 Å². The van der Waals surface area contributed by atoms with Crippen molar-refractivity contribution in [3.8, 4) is 11.5 Å². The maximum atomic E-state index is 13.0. The predicted octanol–water partition coefficient (Wildman–Crippen LogP) is 3.71. The highest BCUT2D eigenvalue weighted by atomic mass is 35.5. The minimum Gasteiger partial charge on any atom is -0.495 e. The van der Waals surface area contributed by atoms with Crippen LogP contribution in [0.5, 0.6) is 11.5 Å². The van der Waals surface area contributed by atoms with Crippen molar-refractivity contribution in [2.75, 3.05) is 32.6 Å². The summed E-state index contributed by atoms with van der Waals surface area (Å²) in [4.78, 5) is 13.1. The Bertz CT molecular complexity index is 1020. The maximum Gasteiger partial charge on any atom is 0.243 e. The number of nitrogens with one attached hydrogen (secondary N) is 1. The second-order valence-corrected chi connectivity index (χ2v) is 9.54. The fourth-order valence-corrected chi connectivity index (χ4v) is 5.18. The fourth-order valence-electron chi connectivity index (χ4n) is 3.43. The van der Waals surface area contributed by atoms with Crippen LogP contribution in [-0.4, -0.2) is 45.9 Å². The third-order valence-electron chi connectivity index (χ3n) is 5.15. The molecule has 3 rings (SSSR count). The average Bonchev–Trinajstić information content (AvgIpc) is 2.75. The summed E-state index contributed by atoms with van der Waals surface area (Å²) in [6, 6.07) is 9.87. The quantitative estimate of drug-likeness (QED) is 0.722. The van der Waals surface area contributed by atoms with Crippen molar-refractivity contribution < 1.29 is 22.7 Å². The van der Waals surface area contributed by atoms with Crippen molar-refractivity contribution in [2.45, 2.75) is 24.7 Å². The highest BCUT2D eigenvalue weighted by Crippen LogP contribution is 2.36. The molecule has 0 saturated carbocycles. The number of ether oxygens (including phenoxy) is 2. The van der Waals surface area contributed by atoms with E-state index in [2.05, 4.69) is 5.32 Å². The smallest absolute Gasteiger partial charge is 0.243 e. The molecular formula is C21H25ClN2O5S. The number of sulfonamides is 1. The average molecular weight is 453 g/mol. The Morgan fingerprint density at radius 1 is 1.13 bits per heavy atom. The summed E-state index contributed by atoms with van der Waals surface area (Å²) in [6.07, 6.45) is 1.20. The number of carbonyl (C=O) groups is 1. The number of amides is 1. The van der Waals surface area contributed by atoms with E-state index in [1.165, 1.54) is 18.5 Å². The van der Waals surface area contributed by atoms with Gasteiger partial charge in [0, 0.05) is 25.2 Å². The summed E-state index contributed by atoms with van der Waals surface area (Å²) in [6.45, 7) is 2.41. The van der Waals surface area contributed by atoms with E-state index in [1.54, 1.807) is 36.4 Å². The summed E-state index contributed by atoms with van der Waals surface area (Å²) in [7, 11) is -0.699. The Hall–Kier alpha value is -2.29. The van der Waals surface area contributed by atoms with Crippen LogP contribution < -0.4 is 14.8 Å². The lowest BCUT2D eigenvalue weighted by Gasteiger charge is -2.31. The third kappa shape index (κ3) is 4.71. The zero-order chi connectivity index (χ0) is 21.9. The largest absolute Gasteiger partial charge is 0.495 e. The van der Waals surface area contributed by atoms with Crippen LogP contribution in [-0.2, 0) is 14.8 Å². The number of aryl methyl sites for hydroxylation is 1. The maximum absolute atomic E-state index is 13.0. The summed E-state index contributed by atoms with van der Waals surface area (Å²) >= 11 is 6.11. The van der Waals surface area contributed by atoms with Gasteiger partial charge in [0.25, 0.3) is 0 Å². The number of halogens is 1. The lowest BCUT2D eigenvalue weighted by atomic mass is 9.98. The van der Waals surface area contributed by atoms with Gasteiger partial charge in [-0.1, -0.05) is 29.3 Å². The molecule has 0 spiro atoms. The van der Waals surface area contributed by atoms with E-state index >= 15 is 0 Å². The van der Waals surface area contributed by atoms with Crippen LogP contribution in [0.2, 0.25) is 5.02 Å². The van der Waals surface area contributed by atoms with Gasteiger partial charge in [-0.25, -0.2) is 8.42 Å². The molecule has 162 valence electrons. The summed E-state index contributed by atoms with van der Waals surface area (Å²) < 4.78 is 37.9. The van der Waals surface area contributed by atoms with Gasteiger partial charge >= 0.3 is 0 Å². The van der Waals surface area contributed by atoms with Gasteiger partial charge in [0.15, 0.2) is 0 Å². The number of piperidine rings is 1. The number of nitrogens with zero attached hydrogens (tertiary/aromatic N) is 1. The minimum atomic E-state index is -3.66. The molecule has 1 fully saturated rings. The lowest BCUT2D eigenvalue weighted by Crippen LogP contribution is -2.43. The second-order valence-electron chi connectivity index (χ2n) is 7.19. The second kappa shape index (κ2) is 9.24. The van der Waals surface area contributed by atoms with E-state index in [0.717, 1.165) is 5.56 Å². The number of rotatable bonds is 6. The van der Waals surface area contributed by atoms with Gasteiger partial charge in [-0.05, 0) is 31.9 Å². The zero-order valence-electron chi connectivity index (χ0n) is 17.1. The first-order valence-corrected chi connectivity index (χ1v) is 11.4. The minimum absolute atomic E-state index is 0.120. The standard InChI is InChI=1S/C21H25ClN2O5S/c1-14-6-8-16(9-7-14)30(26,27)24-10-4-5-15(13-24)21(25)23-18-12-19(28-2)17(22)11-20(18)29-3/h6-9,11-12,15H,4-5,10,13H2,1-3H3,(H,23,25)/t15-/m0/s1. The van der Waals surface area contributed by atoms with Crippen LogP contribution in [0.4, 0.5) is 5.69 Å². The molecule has 0 bridgehead atoms. The van der Waals surface area contributed by atoms with Crippen LogP contribution in [0.1, 0.15) is 18.4 Å². The zero-order valence-corrected chi connectivity index (χ0v) is 18.7. The van der Waals surface area contributed by atoms with Gasteiger partial charge in [0.2, 0.25) is 15.9 Å². The first-order chi connectivity index (χ1) is 14.3. The Balaban J connectivity index is 1.77. The van der Waals surface area contributed by atoms with Crippen molar-refractivity contribution >= 4 is 33.2 Å². The Kier molecular flexibility index (Phi) is 6.90. The first-order valence-electron chi connectivity index (χ1n) is 9.55. The van der Waals surface area contributed by atoms with Crippen molar-refractivity contribution in [1.29, 1.82) is 0 Å². The number of benzene rings is 2. The van der Waals surface area contributed by atoms with Gasteiger partial charge in [-0.15, -0.1) is 0 Å². The van der Waals surface area contributed by atoms with Crippen molar-refractivity contribution in [1.82, 2.24) is 4.31 Å². The highest BCUT2D eigenvalue weighted by Gasteiger charge is 2.33. The molecule has 2 aromatic rings. The SMILES string of the molecule is COc1cc(NC(=O)[C@H]2CCCN(S(=O)(=O)c3ccc(C)cc3)C2)c(OC)cc1Cl. The van der Waals surface area contributed by atoms with Crippen LogP contribution in [0.25, 0.3) is 0 Å². The van der Waals surface area contributed by atoms with E-state index < -0.39 is 15.9 Å². The molecule has 1 aliphatic rings. The normalized spacial score (nSPS) is 17.4. The van der Waals surface area contributed by atoms with Crippen LogP contribution >= 0.6 is 11.6 Å². The highest BCUT2D eigenvalue weighted by molar-refractivity contribution is 7.89. The van der Waals surface area contributed by atoms with E-state index in [1.807, 2.05) is 6.92 Å². The molecule has 0 unspecified atom stereocenters. The van der Waals surface area contributed by atoms with E-state index in [-0.39, 0.29) is 17.3 Å². The monoisotopic (exact) mass is 452 g/mol.